The molecule has 0 unspecified atom stereocenters. The molecule has 0 bridgehead atoms. The van der Waals surface area contributed by atoms with E-state index in [1.54, 1.807) is 62.3 Å². The third kappa shape index (κ3) is 33.7. The van der Waals surface area contributed by atoms with Crippen LogP contribution in [0.5, 0.6) is 23.0 Å². The molecule has 0 atom stereocenters. The number of amides is 5. The number of phenols is 2. The summed E-state index contributed by atoms with van der Waals surface area (Å²) in [5, 5.41) is 61.8. The van der Waals surface area contributed by atoms with Crippen molar-refractivity contribution in [3.05, 3.63) is 304 Å². The molecule has 5 amide bonds. The molecule has 698 valence electrons. The number of nitrogens with two attached hydrogens (primary N) is 3. The number of nitrogens with zero attached hydrogens (tertiary/aromatic N) is 5. The summed E-state index contributed by atoms with van der Waals surface area (Å²) in [6.07, 6.45) is 0.500. The van der Waals surface area contributed by atoms with Crippen LogP contribution >= 0.6 is 46.4 Å². The van der Waals surface area contributed by atoms with Gasteiger partial charge < -0.3 is 60.9 Å². The zero-order valence-corrected chi connectivity index (χ0v) is 75.4. The van der Waals surface area contributed by atoms with E-state index in [1.807, 2.05) is 66.0 Å². The maximum atomic E-state index is 14.9. The van der Waals surface area contributed by atoms with E-state index in [2.05, 4.69) is 40.3 Å². The van der Waals surface area contributed by atoms with Crippen LogP contribution in [0.4, 0.5) is 49.9 Å². The number of guanidine groups is 3. The number of esters is 1. The van der Waals surface area contributed by atoms with Crippen molar-refractivity contribution in [2.75, 3.05) is 13.2 Å². The lowest BCUT2D eigenvalue weighted by molar-refractivity contribution is -0.153. The highest BCUT2D eigenvalue weighted by Gasteiger charge is 2.31. The number of hydrogen-bond acceptors (Lipinski definition) is 18. The molecule has 31 nitrogen and oxygen atoms in total. The lowest BCUT2D eigenvalue weighted by Gasteiger charge is -2.20. The maximum absolute atomic E-state index is 14.9. The van der Waals surface area contributed by atoms with E-state index in [-0.39, 0.29) is 148 Å². The van der Waals surface area contributed by atoms with E-state index in [9.17, 15) is 66.4 Å². The van der Waals surface area contributed by atoms with Crippen LogP contribution in [0.2, 0.25) is 20.1 Å². The smallest absolute Gasteiger partial charge is 0.414 e. The van der Waals surface area contributed by atoms with Gasteiger partial charge in [-0.3, -0.25) is 56.7 Å². The second kappa shape index (κ2) is 50.5. The largest absolute Gasteiger partial charge is 0.507 e. The Kier molecular flexibility index (Phi) is 41.1. The monoisotopic (exact) mass is 1910 g/mol. The number of hydrogen-bond donors (Lipinski definition) is 13. The van der Waals surface area contributed by atoms with E-state index in [4.69, 9.17) is 135 Å². The highest BCUT2D eigenvalue weighted by molar-refractivity contribution is 6.32. The van der Waals surface area contributed by atoms with Crippen LogP contribution in [-0.2, 0) is 37.0 Å². The van der Waals surface area contributed by atoms with Crippen molar-refractivity contribution in [3.8, 4) is 67.5 Å². The lowest BCUT2D eigenvalue weighted by atomic mass is 9.95. The third-order valence-electron chi connectivity index (χ3n) is 16.8. The van der Waals surface area contributed by atoms with Gasteiger partial charge >= 0.3 is 24.1 Å². The van der Waals surface area contributed by atoms with Crippen molar-refractivity contribution in [2.45, 2.75) is 119 Å². The van der Waals surface area contributed by atoms with E-state index in [0.717, 1.165) is 60.7 Å². The summed E-state index contributed by atoms with van der Waals surface area (Å²) < 4.78 is 89.4. The van der Waals surface area contributed by atoms with E-state index in [1.165, 1.54) is 97.8 Å². The van der Waals surface area contributed by atoms with Crippen LogP contribution in [0.1, 0.15) is 142 Å². The van der Waals surface area contributed by atoms with E-state index in [0.29, 0.717) is 0 Å². The van der Waals surface area contributed by atoms with Crippen LogP contribution in [-0.4, -0.2) is 111 Å². The zero-order valence-electron chi connectivity index (χ0n) is 72.4. The molecule has 0 aliphatic carbocycles. The third-order valence-corrected chi connectivity index (χ3v) is 17.7. The molecule has 16 N–H and O–H groups in total. The van der Waals surface area contributed by atoms with Crippen molar-refractivity contribution in [1.82, 2.24) is 21.3 Å². The van der Waals surface area contributed by atoms with Crippen LogP contribution in [0.15, 0.2) is 187 Å². The Morgan fingerprint density at radius 2 is 0.761 bits per heavy atom. The Hall–Kier alpha value is -15.6. The van der Waals surface area contributed by atoms with Gasteiger partial charge in [0.05, 0.1) is 48.5 Å². The number of carbonyl (C=O) groups excluding carboxylic acids is 6. The molecule has 1 heterocycles. The molecule has 0 spiro atoms. The van der Waals surface area contributed by atoms with Crippen LogP contribution in [0.25, 0.3) is 63.9 Å². The first-order chi connectivity index (χ1) is 62.6. The SMILES string of the molecule is C.C1CCOC1.CC(C)(C)OC(=O)CC(=N)N.[C-]#[N+]c1ccc(O)c(C(=O)N=C(N)N)c1-c1cc(Cl)ccc1F.[C-]#[N+]c1ccc(O)c(C(=O)NC(=N)NC(=O)OC(C)(C)C)c1-c1cc(Cl)ccc1F.[C-]#[N+]c1ccc(OCc2ccccc2)c(C(=O)NC(=N)NC(=O)OC(C)(C)C)c1-c1cc(Cl)ccc1F.[C-]#[N+]c1ccc(OCc2ccccc2)c(C(=O)O)c1-c1cc(Cl)ccc1F. The Balaban J connectivity index is 0.000000301. The number of carbonyl (C=O) groups is 7. The summed E-state index contributed by atoms with van der Waals surface area (Å²) in [5.74, 6) is -10.7. The predicted octanol–water partition coefficient (Wildman–Crippen LogP) is 21.9. The molecule has 0 radical (unpaired) electrons. The van der Waals surface area contributed by atoms with Crippen molar-refractivity contribution in [1.29, 1.82) is 16.2 Å². The summed E-state index contributed by atoms with van der Waals surface area (Å²) in [7, 11) is 0. The molecule has 10 aromatic rings. The van der Waals surface area contributed by atoms with Gasteiger partial charge in [0.15, 0.2) is 28.7 Å². The first-order valence-corrected chi connectivity index (χ1v) is 40.6. The molecule has 1 saturated heterocycles. The normalized spacial score (nSPS) is 10.9. The number of alkyl carbamates (subject to hydrolysis) is 2. The molecular weight excluding hydrogens is 1820 g/mol. The Labute approximate surface area is 788 Å². The fourth-order valence-corrected chi connectivity index (χ4v) is 12.3. The fourth-order valence-electron chi connectivity index (χ4n) is 11.6. The van der Waals surface area contributed by atoms with Gasteiger partial charge in [0.25, 0.3) is 17.7 Å². The lowest BCUT2D eigenvalue weighted by Crippen LogP contribution is -2.45. The molecular formula is C95H91Cl4F4N15O16. The second-order valence-corrected chi connectivity index (χ2v) is 32.3. The minimum absolute atomic E-state index is 0. The van der Waals surface area contributed by atoms with Gasteiger partial charge in [0.1, 0.15) is 88.5 Å². The number of amidine groups is 1. The number of phenolic OH excluding ortho intramolecular Hbond substituents is 2. The number of carboxylic acid groups (broad SMARTS) is 1. The van der Waals surface area contributed by atoms with Gasteiger partial charge in [-0.05, 0) is 183 Å². The predicted molar refractivity (Wildman–Crippen MR) is 503 cm³/mol. The number of benzene rings is 10. The number of nitrogens with one attached hydrogen (secondary N) is 7. The average Bonchev–Trinajstić information content (AvgIpc) is 0.785. The topological polar surface area (TPSA) is 463 Å². The van der Waals surface area contributed by atoms with Crippen LogP contribution < -0.4 is 47.9 Å². The minimum Gasteiger partial charge on any atom is -0.507 e. The van der Waals surface area contributed by atoms with Gasteiger partial charge in [0.2, 0.25) is 11.9 Å². The second-order valence-electron chi connectivity index (χ2n) is 30.5. The van der Waals surface area contributed by atoms with Gasteiger partial charge in [-0.25, -0.2) is 51.3 Å². The van der Waals surface area contributed by atoms with Crippen molar-refractivity contribution in [3.63, 3.8) is 0 Å². The van der Waals surface area contributed by atoms with Crippen LogP contribution in [0, 0.1) is 65.8 Å². The Morgan fingerprint density at radius 3 is 1.07 bits per heavy atom. The first kappa shape index (κ1) is 109. The van der Waals surface area contributed by atoms with Gasteiger partial charge in [-0.1, -0.05) is 139 Å². The van der Waals surface area contributed by atoms with Crippen molar-refractivity contribution in [2.24, 2.45) is 22.2 Å². The molecule has 11 rings (SSSR count). The number of ether oxygens (including phenoxy) is 6. The molecule has 0 saturated carbocycles. The molecule has 0 aromatic heterocycles. The molecule has 1 aliphatic rings. The quantitative estimate of drug-likeness (QED) is 0.0107. The number of aliphatic imine (C=N–C) groups is 1. The van der Waals surface area contributed by atoms with Gasteiger partial charge in [-0.2, -0.15) is 4.99 Å². The number of aromatic hydroxyl groups is 2. The number of carboxylic acids is 1. The average molecular weight is 1920 g/mol. The molecule has 134 heavy (non-hydrogen) atoms. The zero-order chi connectivity index (χ0) is 98.9. The number of halogens is 8. The highest BCUT2D eigenvalue weighted by Crippen LogP contribution is 2.46. The summed E-state index contributed by atoms with van der Waals surface area (Å²) in [6, 6.07) is 43.5. The van der Waals surface area contributed by atoms with E-state index >= 15 is 0 Å². The summed E-state index contributed by atoms with van der Waals surface area (Å²) in [4.78, 5) is 102. The Bertz CT molecular complexity index is 6250. The van der Waals surface area contributed by atoms with Gasteiger partial charge in [-0.15, -0.1) is 0 Å². The number of aromatic carboxylic acids is 1. The van der Waals surface area contributed by atoms with Crippen molar-refractivity contribution < 1.29 is 94.9 Å². The summed E-state index contributed by atoms with van der Waals surface area (Å²) in [5.41, 5.74) is 12.4. The summed E-state index contributed by atoms with van der Waals surface area (Å²) in [6.45, 7) is 46.8. The molecule has 10 aromatic carbocycles. The molecule has 39 heteroatoms. The molecule has 1 fully saturated rings. The van der Waals surface area contributed by atoms with Crippen molar-refractivity contribution >= 4 is 135 Å². The maximum Gasteiger partial charge on any atom is 0.414 e. The molecule has 1 aliphatic heterocycles. The first-order valence-electron chi connectivity index (χ1n) is 39.1. The minimum atomic E-state index is -1.32. The standard InChI is InChI=1S/C27H24ClFN4O4.C21H13ClFNO3.C20H18ClFN4O4.C15H10ClFN4O2.C7H14N2O2.C4H8O.CH4/c1-27(2,3)37-26(35)33-25(30)32-24(34)23-21(36-15-16-8-6-5-7-9-16)13-12-20(31-4)22(23)18-14-17(28)10-11-19(18)29;1-24-17-9-10-18(27-12-13-5-3-2-4-6-13)20(21(25)26)19(17)15-11-14(22)7-8-16(15)23;1-20(2,3)30-19(29)26-18(23)25-17(28)16-14(27)8-7-13(24-4)15(16)11-9-10(21)5-6-12(11)22;1-20-10-4-5-11(22)13(14(23)21-15(18)19)12(10)8-6-7(16)2-3-9(8)17;1-7(2,3)11-6(10)4-5(8)9;1-2-4-5-3-1;/h5-14H,15H2,1-3H3,(H3,30,32,33,34,35);2-11H,12H2,(H,25,26);5-9,27H,1-3H3,(H3,23,25,26,28,29);2-6,22H,(H4,18,19,21,23);4H2,1-3H3,(H3,8,9);1-4H2;1H4. The van der Waals surface area contributed by atoms with Crippen LogP contribution in [0.3, 0.4) is 0 Å². The fraction of sp³-hybridized carbons (Fsp3) is 0.211. The van der Waals surface area contributed by atoms with Gasteiger partial charge in [0, 0.05) is 77.8 Å². The summed E-state index contributed by atoms with van der Waals surface area (Å²) >= 11 is 23.8. The number of rotatable bonds is 16. The Morgan fingerprint density at radius 1 is 0.448 bits per heavy atom. The highest BCUT2D eigenvalue weighted by atomic mass is 35.5. The van der Waals surface area contributed by atoms with E-state index < -0.39 is 117 Å².